The molecule has 1 atom stereocenters. The lowest BCUT2D eigenvalue weighted by molar-refractivity contribution is 0.111. The van der Waals surface area contributed by atoms with E-state index < -0.39 is 0 Å². The van der Waals surface area contributed by atoms with Crippen LogP contribution in [0.3, 0.4) is 0 Å². The highest BCUT2D eigenvalue weighted by molar-refractivity contribution is 5.41. The first-order valence-corrected chi connectivity index (χ1v) is 7.92. The Balaban J connectivity index is 1.69. The van der Waals surface area contributed by atoms with E-state index in [9.17, 15) is 0 Å². The summed E-state index contributed by atoms with van der Waals surface area (Å²) < 4.78 is 11.0. The molecule has 4 heteroatoms. The smallest absolute Gasteiger partial charge is 0.119 e. The van der Waals surface area contributed by atoms with Crippen molar-refractivity contribution < 1.29 is 9.47 Å². The minimum Gasteiger partial charge on any atom is -0.494 e. The molecule has 0 aromatic heterocycles. The van der Waals surface area contributed by atoms with Crippen LogP contribution in [0.25, 0.3) is 0 Å². The summed E-state index contributed by atoms with van der Waals surface area (Å²) in [5, 5.41) is 0. The summed E-state index contributed by atoms with van der Waals surface area (Å²) >= 11 is 0. The minimum absolute atomic E-state index is 0.664. The van der Waals surface area contributed by atoms with E-state index in [1.807, 2.05) is 24.3 Å². The molecule has 21 heavy (non-hydrogen) atoms. The molecule has 0 aliphatic heterocycles. The molecule has 0 saturated heterocycles. The average molecular weight is 292 g/mol. The monoisotopic (exact) mass is 292 g/mol. The van der Waals surface area contributed by atoms with Crippen LogP contribution in [0.2, 0.25) is 0 Å². The molecule has 0 bridgehead atoms. The van der Waals surface area contributed by atoms with Gasteiger partial charge in [-0.2, -0.15) is 0 Å². The SMILES string of the molecule is COCCN(CCCOc1ccc(N)cc1)C(C)C1CC1. The van der Waals surface area contributed by atoms with Gasteiger partial charge in [-0.25, -0.2) is 0 Å². The van der Waals surface area contributed by atoms with Crippen LogP contribution >= 0.6 is 0 Å². The largest absolute Gasteiger partial charge is 0.494 e. The van der Waals surface area contributed by atoms with Crippen LogP contribution in [0, 0.1) is 5.92 Å². The number of hydrogen-bond donors (Lipinski definition) is 1. The number of ether oxygens (including phenoxy) is 2. The van der Waals surface area contributed by atoms with Crippen LogP contribution in [0.5, 0.6) is 5.75 Å². The number of nitrogen functional groups attached to an aromatic ring is 1. The predicted molar refractivity (Wildman–Crippen MR) is 86.6 cm³/mol. The summed E-state index contributed by atoms with van der Waals surface area (Å²) in [6.07, 6.45) is 3.80. The van der Waals surface area contributed by atoms with Gasteiger partial charge < -0.3 is 15.2 Å². The van der Waals surface area contributed by atoms with Gasteiger partial charge in [0.15, 0.2) is 0 Å². The third-order valence-electron chi connectivity index (χ3n) is 4.20. The number of methoxy groups -OCH3 is 1. The van der Waals surface area contributed by atoms with Gasteiger partial charge in [0, 0.05) is 31.9 Å². The van der Waals surface area contributed by atoms with Crippen molar-refractivity contribution in [1.82, 2.24) is 4.90 Å². The third kappa shape index (κ3) is 5.56. The summed E-state index contributed by atoms with van der Waals surface area (Å²) in [5.41, 5.74) is 6.43. The van der Waals surface area contributed by atoms with Gasteiger partial charge >= 0.3 is 0 Å². The first-order valence-electron chi connectivity index (χ1n) is 7.92. The van der Waals surface area contributed by atoms with Gasteiger partial charge in [0.05, 0.1) is 13.2 Å². The molecule has 1 fully saturated rings. The first-order chi connectivity index (χ1) is 10.2. The van der Waals surface area contributed by atoms with Gasteiger partial charge in [-0.05, 0) is 56.4 Å². The zero-order chi connectivity index (χ0) is 15.1. The van der Waals surface area contributed by atoms with Crippen LogP contribution in [0.15, 0.2) is 24.3 Å². The molecule has 0 spiro atoms. The van der Waals surface area contributed by atoms with Crippen LogP contribution in [-0.2, 0) is 4.74 Å². The van der Waals surface area contributed by atoms with Crippen molar-refractivity contribution in [2.24, 2.45) is 5.92 Å². The maximum absolute atomic E-state index is 5.76. The van der Waals surface area contributed by atoms with Gasteiger partial charge in [-0.15, -0.1) is 0 Å². The Kier molecular flexibility index (Phi) is 6.33. The fraction of sp³-hybridized carbons (Fsp3) is 0.647. The Morgan fingerprint density at radius 1 is 1.19 bits per heavy atom. The lowest BCUT2D eigenvalue weighted by Gasteiger charge is -2.29. The van der Waals surface area contributed by atoms with Crippen LogP contribution in [-0.4, -0.2) is 44.4 Å². The van der Waals surface area contributed by atoms with Crippen LogP contribution in [0.4, 0.5) is 5.69 Å². The van der Waals surface area contributed by atoms with E-state index in [4.69, 9.17) is 15.2 Å². The summed E-state index contributed by atoms with van der Waals surface area (Å²) in [6.45, 7) is 5.96. The molecule has 1 aromatic carbocycles. The third-order valence-corrected chi connectivity index (χ3v) is 4.20. The number of rotatable bonds is 10. The van der Waals surface area contributed by atoms with E-state index >= 15 is 0 Å². The molecule has 0 heterocycles. The second-order valence-electron chi connectivity index (χ2n) is 5.88. The second kappa shape index (κ2) is 8.25. The fourth-order valence-electron chi connectivity index (χ4n) is 2.63. The zero-order valence-electron chi connectivity index (χ0n) is 13.3. The normalized spacial score (nSPS) is 16.1. The van der Waals surface area contributed by atoms with E-state index in [-0.39, 0.29) is 0 Å². The molecule has 4 nitrogen and oxygen atoms in total. The summed E-state index contributed by atoms with van der Waals surface area (Å²) in [6, 6.07) is 8.25. The Hall–Kier alpha value is -1.26. The number of nitrogens with two attached hydrogens (primary N) is 1. The number of benzene rings is 1. The zero-order valence-corrected chi connectivity index (χ0v) is 13.3. The van der Waals surface area contributed by atoms with Gasteiger partial charge in [0.1, 0.15) is 5.75 Å². The lowest BCUT2D eigenvalue weighted by atomic mass is 10.1. The van der Waals surface area contributed by atoms with Gasteiger partial charge in [0.2, 0.25) is 0 Å². The maximum Gasteiger partial charge on any atom is 0.119 e. The molecular formula is C17H28N2O2. The van der Waals surface area contributed by atoms with Gasteiger partial charge in [0.25, 0.3) is 0 Å². The molecule has 2 rings (SSSR count). The molecule has 1 aromatic rings. The second-order valence-corrected chi connectivity index (χ2v) is 5.88. The quantitative estimate of drug-likeness (QED) is 0.532. The van der Waals surface area contributed by atoms with E-state index in [2.05, 4.69) is 11.8 Å². The average Bonchev–Trinajstić information content (AvgIpc) is 3.32. The van der Waals surface area contributed by atoms with E-state index in [0.29, 0.717) is 6.04 Å². The Morgan fingerprint density at radius 3 is 2.52 bits per heavy atom. The van der Waals surface area contributed by atoms with Crippen LogP contribution in [0.1, 0.15) is 26.2 Å². The molecule has 1 unspecified atom stereocenters. The standard InChI is InChI=1S/C17H28N2O2/c1-14(15-4-5-15)19(11-13-20-2)10-3-12-21-17-8-6-16(18)7-9-17/h6-9,14-15H,3-5,10-13,18H2,1-2H3. The lowest BCUT2D eigenvalue weighted by Crippen LogP contribution is -2.38. The maximum atomic E-state index is 5.76. The van der Waals surface area contributed by atoms with Crippen LogP contribution < -0.4 is 10.5 Å². The number of hydrogen-bond acceptors (Lipinski definition) is 4. The highest BCUT2D eigenvalue weighted by Crippen LogP contribution is 2.35. The first kappa shape index (κ1) is 16.1. The molecule has 1 saturated carbocycles. The fourth-order valence-corrected chi connectivity index (χ4v) is 2.63. The Bertz CT molecular complexity index is 404. The van der Waals surface area contributed by atoms with Gasteiger partial charge in [-0.1, -0.05) is 0 Å². The summed E-state index contributed by atoms with van der Waals surface area (Å²) in [5.74, 6) is 1.78. The van der Waals surface area contributed by atoms with Gasteiger partial charge in [-0.3, -0.25) is 4.90 Å². The van der Waals surface area contributed by atoms with E-state index in [1.165, 1.54) is 12.8 Å². The van der Waals surface area contributed by atoms with Crippen molar-refractivity contribution in [2.75, 3.05) is 39.1 Å². The van der Waals surface area contributed by atoms with Crippen molar-refractivity contribution in [2.45, 2.75) is 32.2 Å². The highest BCUT2D eigenvalue weighted by Gasteiger charge is 2.31. The van der Waals surface area contributed by atoms with Crippen molar-refractivity contribution >= 4 is 5.69 Å². The molecular weight excluding hydrogens is 264 g/mol. The number of nitrogens with zero attached hydrogens (tertiary/aromatic N) is 1. The highest BCUT2D eigenvalue weighted by atomic mass is 16.5. The molecule has 2 N–H and O–H groups in total. The molecule has 118 valence electrons. The predicted octanol–water partition coefficient (Wildman–Crippen LogP) is 2.78. The Morgan fingerprint density at radius 2 is 1.90 bits per heavy atom. The van der Waals surface area contributed by atoms with E-state index in [1.54, 1.807) is 7.11 Å². The summed E-state index contributed by atoms with van der Waals surface area (Å²) in [4.78, 5) is 2.54. The van der Waals surface area contributed by atoms with Crippen molar-refractivity contribution in [3.05, 3.63) is 24.3 Å². The van der Waals surface area contributed by atoms with Crippen molar-refractivity contribution in [3.8, 4) is 5.75 Å². The molecule has 1 aliphatic carbocycles. The van der Waals surface area contributed by atoms with Crippen molar-refractivity contribution in [1.29, 1.82) is 0 Å². The minimum atomic E-state index is 0.664. The van der Waals surface area contributed by atoms with E-state index in [0.717, 1.165) is 50.1 Å². The number of anilines is 1. The molecule has 0 radical (unpaired) electrons. The molecule has 1 aliphatic rings. The topological polar surface area (TPSA) is 47.7 Å². The summed E-state index contributed by atoms with van der Waals surface area (Å²) in [7, 11) is 1.77. The Labute approximate surface area is 128 Å². The van der Waals surface area contributed by atoms with Crippen molar-refractivity contribution in [3.63, 3.8) is 0 Å². The molecule has 0 amide bonds.